The molecule has 0 unspecified atom stereocenters. The Balaban J connectivity index is 1.78. The normalized spacial score (nSPS) is 11.9. The average molecular weight is 632 g/mol. The van der Waals surface area contributed by atoms with Gasteiger partial charge in [0, 0.05) is 19.5 Å². The first-order valence-corrected chi connectivity index (χ1v) is 16.1. The lowest BCUT2D eigenvalue weighted by Crippen LogP contribution is -2.53. The van der Waals surface area contributed by atoms with Gasteiger partial charge in [0.05, 0.1) is 17.7 Å². The lowest BCUT2D eigenvalue weighted by molar-refractivity contribution is -0.140. The van der Waals surface area contributed by atoms with Crippen LogP contribution in [0.5, 0.6) is 5.75 Å². The monoisotopic (exact) mass is 631 g/mol. The number of benzene rings is 4. The lowest BCUT2D eigenvalue weighted by atomic mass is 10.0. The minimum atomic E-state index is -4.21. The van der Waals surface area contributed by atoms with Crippen LogP contribution >= 0.6 is 0 Å². The highest BCUT2D eigenvalue weighted by atomic mass is 32.2. The smallest absolute Gasteiger partial charge is 0.264 e. The van der Waals surface area contributed by atoms with E-state index < -0.39 is 34.3 Å². The zero-order valence-corrected chi connectivity index (χ0v) is 26.4. The maximum Gasteiger partial charge on any atom is 0.264 e. The number of hydrogen-bond acceptors (Lipinski definition) is 5. The van der Waals surface area contributed by atoms with E-state index in [1.807, 2.05) is 44.2 Å². The Kier molecular flexibility index (Phi) is 11.3. The van der Waals surface area contributed by atoms with Crippen molar-refractivity contribution in [3.8, 4) is 5.75 Å². The van der Waals surface area contributed by atoms with E-state index in [4.69, 9.17) is 4.74 Å². The van der Waals surface area contributed by atoms with Gasteiger partial charge in [-0.05, 0) is 65.6 Å². The number of methoxy groups -OCH3 is 1. The summed E-state index contributed by atoms with van der Waals surface area (Å²) in [6.07, 6.45) is 0.186. The second-order valence-electron chi connectivity index (χ2n) is 11.0. The van der Waals surface area contributed by atoms with Crippen LogP contribution in [0.3, 0.4) is 0 Å². The van der Waals surface area contributed by atoms with Crippen LogP contribution in [0.4, 0.5) is 10.1 Å². The summed E-state index contributed by atoms with van der Waals surface area (Å²) in [7, 11) is -2.71. The minimum absolute atomic E-state index is 0.00853. The number of anilines is 1. The predicted octanol–water partition coefficient (Wildman–Crippen LogP) is 5.44. The number of nitrogens with zero attached hydrogens (tertiary/aromatic N) is 2. The molecule has 0 aromatic heterocycles. The van der Waals surface area contributed by atoms with Gasteiger partial charge in [0.25, 0.3) is 10.0 Å². The van der Waals surface area contributed by atoms with Crippen molar-refractivity contribution in [3.05, 3.63) is 126 Å². The van der Waals surface area contributed by atoms with Crippen LogP contribution in [-0.2, 0) is 32.6 Å². The van der Waals surface area contributed by atoms with Crippen LogP contribution < -0.4 is 14.4 Å². The minimum Gasteiger partial charge on any atom is -0.497 e. The van der Waals surface area contributed by atoms with Crippen LogP contribution in [-0.4, -0.2) is 51.4 Å². The molecule has 8 nitrogen and oxygen atoms in total. The first-order valence-electron chi connectivity index (χ1n) is 14.7. The van der Waals surface area contributed by atoms with E-state index in [9.17, 15) is 22.4 Å². The van der Waals surface area contributed by atoms with Crippen molar-refractivity contribution < 1.29 is 27.1 Å². The number of halogens is 1. The summed E-state index contributed by atoms with van der Waals surface area (Å²) >= 11 is 0. The number of ether oxygens (including phenoxy) is 1. The molecule has 0 aliphatic heterocycles. The molecule has 1 atom stereocenters. The van der Waals surface area contributed by atoms with E-state index in [2.05, 4.69) is 5.32 Å². The molecule has 4 aromatic carbocycles. The molecule has 0 saturated heterocycles. The number of rotatable bonds is 14. The Morgan fingerprint density at radius 3 is 2.00 bits per heavy atom. The van der Waals surface area contributed by atoms with Crippen molar-refractivity contribution in [1.82, 2.24) is 10.2 Å². The molecule has 0 saturated carbocycles. The molecule has 2 amide bonds. The van der Waals surface area contributed by atoms with Crippen LogP contribution in [0.15, 0.2) is 114 Å². The Hall–Kier alpha value is -4.70. The highest BCUT2D eigenvalue weighted by Crippen LogP contribution is 2.27. The molecule has 0 heterocycles. The van der Waals surface area contributed by atoms with Gasteiger partial charge < -0.3 is 15.0 Å². The molecule has 0 aliphatic carbocycles. The largest absolute Gasteiger partial charge is 0.497 e. The molecule has 0 spiro atoms. The SMILES string of the molecule is COc1ccc(N(CC(=O)N(Cc2ccc(F)cc2)[C@@H](Cc2ccccc2)C(=O)NCC(C)C)S(=O)(=O)c2ccccc2)cc1. The molecule has 0 aliphatic rings. The molecule has 10 heteroatoms. The van der Waals surface area contributed by atoms with Gasteiger partial charge in [-0.15, -0.1) is 0 Å². The van der Waals surface area contributed by atoms with E-state index >= 15 is 0 Å². The number of nitrogens with one attached hydrogen (secondary N) is 1. The van der Waals surface area contributed by atoms with Crippen molar-refractivity contribution in [2.75, 3.05) is 24.5 Å². The Bertz CT molecular complexity index is 1650. The van der Waals surface area contributed by atoms with Crippen molar-refractivity contribution >= 4 is 27.5 Å². The lowest BCUT2D eigenvalue weighted by Gasteiger charge is -2.34. The zero-order valence-electron chi connectivity index (χ0n) is 25.6. The molecule has 4 rings (SSSR count). The molecule has 0 radical (unpaired) electrons. The summed E-state index contributed by atoms with van der Waals surface area (Å²) in [6, 6.07) is 28.2. The first-order chi connectivity index (χ1) is 21.6. The van der Waals surface area contributed by atoms with Crippen molar-refractivity contribution in [3.63, 3.8) is 0 Å². The van der Waals surface area contributed by atoms with Crippen LogP contribution in [0, 0.1) is 11.7 Å². The summed E-state index contributed by atoms with van der Waals surface area (Å²) in [5.41, 5.74) is 1.66. The van der Waals surface area contributed by atoms with Gasteiger partial charge in [0.15, 0.2) is 0 Å². The predicted molar refractivity (Wildman–Crippen MR) is 173 cm³/mol. The third-order valence-corrected chi connectivity index (χ3v) is 8.98. The number of carbonyl (C=O) groups is 2. The quantitative estimate of drug-likeness (QED) is 0.200. The fourth-order valence-corrected chi connectivity index (χ4v) is 6.20. The third kappa shape index (κ3) is 8.92. The molecule has 236 valence electrons. The maximum absolute atomic E-state index is 14.4. The molecular weight excluding hydrogens is 593 g/mol. The Morgan fingerprint density at radius 2 is 1.42 bits per heavy atom. The fraction of sp³-hybridized carbons (Fsp3) is 0.257. The summed E-state index contributed by atoms with van der Waals surface area (Å²) < 4.78 is 48.1. The maximum atomic E-state index is 14.4. The Morgan fingerprint density at radius 1 is 0.822 bits per heavy atom. The number of sulfonamides is 1. The highest BCUT2D eigenvalue weighted by molar-refractivity contribution is 7.92. The van der Waals surface area contributed by atoms with Crippen molar-refractivity contribution in [2.45, 2.75) is 37.8 Å². The van der Waals surface area contributed by atoms with Crippen molar-refractivity contribution in [1.29, 1.82) is 0 Å². The van der Waals surface area contributed by atoms with E-state index in [0.29, 0.717) is 17.9 Å². The third-order valence-electron chi connectivity index (χ3n) is 7.19. The highest BCUT2D eigenvalue weighted by Gasteiger charge is 2.34. The average Bonchev–Trinajstić information content (AvgIpc) is 3.05. The molecule has 4 aromatic rings. The first kappa shape index (κ1) is 33.2. The summed E-state index contributed by atoms with van der Waals surface area (Å²) in [5.74, 6) is -0.731. The van der Waals surface area contributed by atoms with Gasteiger partial charge in [0.2, 0.25) is 11.8 Å². The van der Waals surface area contributed by atoms with Crippen LogP contribution in [0.2, 0.25) is 0 Å². The molecule has 0 fully saturated rings. The summed E-state index contributed by atoms with van der Waals surface area (Å²) in [5, 5.41) is 2.95. The molecule has 0 bridgehead atoms. The Labute approximate surface area is 264 Å². The van der Waals surface area contributed by atoms with E-state index in [-0.39, 0.29) is 35.4 Å². The summed E-state index contributed by atoms with van der Waals surface area (Å²) in [6.45, 7) is 3.69. The van der Waals surface area contributed by atoms with Crippen LogP contribution in [0.25, 0.3) is 0 Å². The summed E-state index contributed by atoms with van der Waals surface area (Å²) in [4.78, 5) is 29.6. The fourth-order valence-electron chi connectivity index (χ4n) is 4.76. The standard InChI is InChI=1S/C35H38FN3O5S/c1-26(2)23-37-35(41)33(22-27-10-6-4-7-11-27)38(24-28-14-16-29(36)17-15-28)34(40)25-39(30-18-20-31(44-3)21-19-30)45(42,43)32-12-8-5-9-13-32/h4-21,26,33H,22-25H2,1-3H3,(H,37,41)/t33-/m0/s1. The van der Waals surface area contributed by atoms with E-state index in [0.717, 1.165) is 9.87 Å². The number of carbonyl (C=O) groups excluding carboxylic acids is 2. The molecular formula is C35H38FN3O5S. The topological polar surface area (TPSA) is 96.0 Å². The molecule has 1 N–H and O–H groups in total. The van der Waals surface area contributed by atoms with E-state index in [1.54, 1.807) is 54.6 Å². The second kappa shape index (κ2) is 15.3. The molecule has 45 heavy (non-hydrogen) atoms. The van der Waals surface area contributed by atoms with E-state index in [1.165, 1.54) is 36.3 Å². The van der Waals surface area contributed by atoms with Gasteiger partial charge in [-0.1, -0.05) is 74.5 Å². The van der Waals surface area contributed by atoms with Gasteiger partial charge in [-0.2, -0.15) is 0 Å². The number of hydrogen-bond donors (Lipinski definition) is 1. The zero-order chi connectivity index (χ0) is 32.4. The van der Waals surface area contributed by atoms with Gasteiger partial charge in [-0.3, -0.25) is 13.9 Å². The number of amides is 2. The van der Waals surface area contributed by atoms with Crippen LogP contribution in [0.1, 0.15) is 25.0 Å². The van der Waals surface area contributed by atoms with Gasteiger partial charge >= 0.3 is 0 Å². The van der Waals surface area contributed by atoms with Gasteiger partial charge in [-0.25, -0.2) is 12.8 Å². The second-order valence-corrected chi connectivity index (χ2v) is 12.9. The van der Waals surface area contributed by atoms with Crippen molar-refractivity contribution in [2.24, 2.45) is 5.92 Å². The van der Waals surface area contributed by atoms with Gasteiger partial charge in [0.1, 0.15) is 24.2 Å².